The summed E-state index contributed by atoms with van der Waals surface area (Å²) in [6, 6.07) is 2.81. The van der Waals surface area contributed by atoms with Gasteiger partial charge in [0.25, 0.3) is 5.69 Å². The molecular formula is C9H4BrF3N2O2. The lowest BCUT2D eigenvalue weighted by atomic mass is 10.1. The van der Waals surface area contributed by atoms with Gasteiger partial charge in [-0.25, -0.2) is 0 Å². The number of benzene rings is 1. The molecule has 0 N–H and O–H groups in total. The fourth-order valence-electron chi connectivity index (χ4n) is 1.20. The van der Waals surface area contributed by atoms with Gasteiger partial charge in [-0.2, -0.15) is 18.4 Å². The molecule has 90 valence electrons. The summed E-state index contributed by atoms with van der Waals surface area (Å²) in [4.78, 5) is 9.70. The van der Waals surface area contributed by atoms with Gasteiger partial charge >= 0.3 is 6.18 Å². The van der Waals surface area contributed by atoms with Crippen LogP contribution in [0.1, 0.15) is 11.1 Å². The lowest BCUT2D eigenvalue weighted by molar-refractivity contribution is -0.385. The lowest BCUT2D eigenvalue weighted by Crippen LogP contribution is -2.07. The molecule has 17 heavy (non-hydrogen) atoms. The van der Waals surface area contributed by atoms with Crippen LogP contribution in [0.5, 0.6) is 0 Å². The molecule has 0 aliphatic carbocycles. The van der Waals surface area contributed by atoms with E-state index >= 15 is 0 Å². The standard InChI is InChI=1S/C9H4BrF3N2O2/c10-7-3-5(9(11,12)13)4-8(15(16)17)6(7)1-2-14/h3-4H,1H2. The third-order valence-corrected chi connectivity index (χ3v) is 2.66. The summed E-state index contributed by atoms with van der Waals surface area (Å²) >= 11 is 2.80. The third kappa shape index (κ3) is 2.94. The van der Waals surface area contributed by atoms with Crippen LogP contribution in [-0.4, -0.2) is 4.92 Å². The van der Waals surface area contributed by atoms with Crippen molar-refractivity contribution < 1.29 is 18.1 Å². The smallest absolute Gasteiger partial charge is 0.258 e. The molecule has 0 amide bonds. The summed E-state index contributed by atoms with van der Waals surface area (Å²) in [5.41, 5.74) is -1.91. The SMILES string of the molecule is N#CCc1c(Br)cc(C(F)(F)F)cc1[N+](=O)[O-]. The van der Waals surface area contributed by atoms with E-state index in [2.05, 4.69) is 15.9 Å². The topological polar surface area (TPSA) is 66.9 Å². The van der Waals surface area contributed by atoms with Crippen molar-refractivity contribution in [3.63, 3.8) is 0 Å². The first kappa shape index (κ1) is 13.4. The molecule has 4 nitrogen and oxygen atoms in total. The highest BCUT2D eigenvalue weighted by atomic mass is 79.9. The van der Waals surface area contributed by atoms with Crippen molar-refractivity contribution in [3.8, 4) is 6.07 Å². The van der Waals surface area contributed by atoms with Crippen molar-refractivity contribution in [2.24, 2.45) is 0 Å². The Hall–Kier alpha value is -1.62. The van der Waals surface area contributed by atoms with Crippen LogP contribution in [-0.2, 0) is 12.6 Å². The van der Waals surface area contributed by atoms with Crippen molar-refractivity contribution >= 4 is 21.6 Å². The summed E-state index contributed by atoms with van der Waals surface area (Å²) < 4.78 is 37.2. The average Bonchev–Trinajstić information content (AvgIpc) is 2.18. The van der Waals surface area contributed by atoms with Crippen molar-refractivity contribution in [1.29, 1.82) is 5.26 Å². The van der Waals surface area contributed by atoms with Crippen LogP contribution in [0.2, 0.25) is 0 Å². The van der Waals surface area contributed by atoms with Gasteiger partial charge in [-0.3, -0.25) is 10.1 Å². The van der Waals surface area contributed by atoms with Crippen molar-refractivity contribution in [3.05, 3.63) is 37.8 Å². The zero-order chi connectivity index (χ0) is 13.2. The molecule has 0 unspecified atom stereocenters. The van der Waals surface area contributed by atoms with Crippen molar-refractivity contribution in [2.45, 2.75) is 12.6 Å². The molecule has 0 atom stereocenters. The second kappa shape index (κ2) is 4.71. The number of nitrogens with zero attached hydrogens (tertiary/aromatic N) is 2. The summed E-state index contributed by atoms with van der Waals surface area (Å²) in [6.07, 6.45) is -5.01. The number of alkyl halides is 3. The minimum absolute atomic E-state index is 0.0644. The Morgan fingerprint density at radius 3 is 2.47 bits per heavy atom. The van der Waals surface area contributed by atoms with E-state index < -0.39 is 22.4 Å². The number of rotatable bonds is 2. The molecule has 8 heteroatoms. The van der Waals surface area contributed by atoms with E-state index in [0.717, 1.165) is 6.07 Å². The van der Waals surface area contributed by atoms with Crippen LogP contribution in [0.25, 0.3) is 0 Å². The number of halogens is 4. The van der Waals surface area contributed by atoms with E-state index in [-0.39, 0.29) is 16.5 Å². The van der Waals surface area contributed by atoms with Gasteiger partial charge in [0.15, 0.2) is 0 Å². The molecule has 1 rings (SSSR count). The molecule has 0 spiro atoms. The Kier molecular flexibility index (Phi) is 3.72. The molecule has 0 fully saturated rings. The molecule has 0 radical (unpaired) electrons. The molecular weight excluding hydrogens is 305 g/mol. The van der Waals surface area contributed by atoms with Crippen LogP contribution in [0.3, 0.4) is 0 Å². The Bertz CT molecular complexity index is 508. The molecule has 0 saturated carbocycles. The van der Waals surface area contributed by atoms with Gasteiger partial charge in [0.2, 0.25) is 0 Å². The second-order valence-corrected chi connectivity index (χ2v) is 3.90. The summed E-state index contributed by atoms with van der Waals surface area (Å²) in [5, 5.41) is 19.1. The van der Waals surface area contributed by atoms with Gasteiger partial charge in [-0.15, -0.1) is 0 Å². The highest BCUT2D eigenvalue weighted by Crippen LogP contribution is 2.37. The van der Waals surface area contributed by atoms with E-state index in [4.69, 9.17) is 5.26 Å². The van der Waals surface area contributed by atoms with Gasteiger partial charge < -0.3 is 0 Å². The zero-order valence-electron chi connectivity index (χ0n) is 8.08. The summed E-state index contributed by atoms with van der Waals surface area (Å²) in [7, 11) is 0. The fourth-order valence-corrected chi connectivity index (χ4v) is 1.79. The second-order valence-electron chi connectivity index (χ2n) is 3.05. The van der Waals surface area contributed by atoms with Gasteiger partial charge in [-0.1, -0.05) is 15.9 Å². The van der Waals surface area contributed by atoms with Crippen LogP contribution in [0.15, 0.2) is 16.6 Å². The molecule has 0 aliphatic heterocycles. The monoisotopic (exact) mass is 308 g/mol. The maximum atomic E-state index is 12.4. The molecule has 0 aliphatic rings. The van der Waals surface area contributed by atoms with Gasteiger partial charge in [0.1, 0.15) is 0 Å². The normalized spacial score (nSPS) is 11.0. The predicted molar refractivity (Wildman–Crippen MR) is 55.1 cm³/mol. The van der Waals surface area contributed by atoms with Crippen LogP contribution in [0, 0.1) is 21.4 Å². The van der Waals surface area contributed by atoms with E-state index in [1.54, 1.807) is 6.07 Å². The van der Waals surface area contributed by atoms with Gasteiger partial charge in [-0.05, 0) is 6.07 Å². The van der Waals surface area contributed by atoms with Gasteiger partial charge in [0.05, 0.1) is 28.5 Å². The van der Waals surface area contributed by atoms with Crippen LogP contribution in [0.4, 0.5) is 18.9 Å². The molecule has 0 aromatic heterocycles. The van der Waals surface area contributed by atoms with Crippen molar-refractivity contribution in [1.82, 2.24) is 0 Å². The Morgan fingerprint density at radius 2 is 2.06 bits per heavy atom. The zero-order valence-corrected chi connectivity index (χ0v) is 9.67. The van der Waals surface area contributed by atoms with Crippen molar-refractivity contribution in [2.75, 3.05) is 0 Å². The number of nitriles is 1. The number of hydrogen-bond donors (Lipinski definition) is 0. The maximum Gasteiger partial charge on any atom is 0.416 e. The lowest BCUT2D eigenvalue weighted by Gasteiger charge is -2.09. The third-order valence-electron chi connectivity index (χ3n) is 1.95. The minimum Gasteiger partial charge on any atom is -0.258 e. The molecule has 0 heterocycles. The van der Waals surface area contributed by atoms with Gasteiger partial charge in [0, 0.05) is 10.5 Å². The quantitative estimate of drug-likeness (QED) is 0.621. The largest absolute Gasteiger partial charge is 0.416 e. The highest BCUT2D eigenvalue weighted by molar-refractivity contribution is 9.10. The maximum absolute atomic E-state index is 12.4. The number of nitro groups is 1. The van der Waals surface area contributed by atoms with E-state index in [1.165, 1.54) is 0 Å². The Morgan fingerprint density at radius 1 is 1.47 bits per heavy atom. The first-order chi connectivity index (χ1) is 7.77. The highest BCUT2D eigenvalue weighted by Gasteiger charge is 2.34. The predicted octanol–water partition coefficient (Wildman–Crippen LogP) is 3.44. The number of nitro benzene ring substituents is 1. The van der Waals surface area contributed by atoms with Crippen LogP contribution < -0.4 is 0 Å². The number of hydrogen-bond acceptors (Lipinski definition) is 3. The average molecular weight is 309 g/mol. The Balaban J connectivity index is 3.48. The first-order valence-electron chi connectivity index (χ1n) is 4.18. The van der Waals surface area contributed by atoms with E-state index in [0.29, 0.717) is 6.07 Å². The molecule has 0 bridgehead atoms. The van der Waals surface area contributed by atoms with Crippen LogP contribution >= 0.6 is 15.9 Å². The molecule has 1 aromatic rings. The van der Waals surface area contributed by atoms with E-state index in [1.807, 2.05) is 0 Å². The molecule has 0 saturated heterocycles. The summed E-state index contributed by atoms with van der Waals surface area (Å²) in [5.74, 6) is 0. The summed E-state index contributed by atoms with van der Waals surface area (Å²) in [6.45, 7) is 0. The minimum atomic E-state index is -4.67. The fraction of sp³-hybridized carbons (Fsp3) is 0.222. The Labute approximate surface area is 102 Å². The molecule has 1 aromatic carbocycles. The van der Waals surface area contributed by atoms with E-state index in [9.17, 15) is 23.3 Å². The first-order valence-corrected chi connectivity index (χ1v) is 4.97.